The zero-order valence-electron chi connectivity index (χ0n) is 34.0. The quantitative estimate of drug-likeness (QED) is 0.173. The SMILES string of the molecule is CC1(C(=O)O)CCC2(C)CCC3(C)C(=CC(=O)C4C5(C)CCC(OC6OC(CO)C(O)C(O)C6OC6OC(CO)C(O)C(O)C6O)C(C)(C)C5CCC43C)C2C1. The Morgan fingerprint density at radius 2 is 1.36 bits per heavy atom. The Bertz CT molecular complexity index is 1570. The van der Waals surface area contributed by atoms with Crippen molar-refractivity contribution in [2.75, 3.05) is 13.2 Å². The molecule has 0 aromatic carbocycles. The lowest BCUT2D eigenvalue weighted by Gasteiger charge is -2.70. The molecule has 6 fully saturated rings. The summed E-state index contributed by atoms with van der Waals surface area (Å²) in [5.41, 5.74) is -1.32. The van der Waals surface area contributed by atoms with Gasteiger partial charge in [-0.2, -0.15) is 0 Å². The van der Waals surface area contributed by atoms with Gasteiger partial charge in [0.15, 0.2) is 18.4 Å². The average Bonchev–Trinajstić information content (AvgIpc) is 3.13. The Kier molecular flexibility index (Phi) is 10.9. The number of carbonyl (C=O) groups excluding carboxylic acids is 1. The molecule has 14 heteroatoms. The molecule has 2 saturated heterocycles. The van der Waals surface area contributed by atoms with E-state index in [4.69, 9.17) is 18.9 Å². The summed E-state index contributed by atoms with van der Waals surface area (Å²) in [6.07, 6.45) is -7.28. The maximum atomic E-state index is 14.8. The van der Waals surface area contributed by atoms with Gasteiger partial charge < -0.3 is 59.8 Å². The number of fused-ring (bicyclic) bond motifs is 7. The van der Waals surface area contributed by atoms with E-state index in [0.717, 1.165) is 37.7 Å². The van der Waals surface area contributed by atoms with Crippen molar-refractivity contribution in [1.82, 2.24) is 0 Å². The van der Waals surface area contributed by atoms with Crippen molar-refractivity contribution in [3.05, 3.63) is 11.6 Å². The smallest absolute Gasteiger partial charge is 0.309 e. The van der Waals surface area contributed by atoms with Crippen molar-refractivity contribution >= 4 is 11.8 Å². The van der Waals surface area contributed by atoms with Gasteiger partial charge in [-0.1, -0.05) is 47.1 Å². The lowest BCUT2D eigenvalue weighted by atomic mass is 9.33. The van der Waals surface area contributed by atoms with E-state index in [2.05, 4.69) is 41.5 Å². The number of carboxylic acid groups (broad SMARTS) is 1. The minimum absolute atomic E-state index is 0.0192. The molecule has 7 rings (SSSR count). The van der Waals surface area contributed by atoms with E-state index in [-0.39, 0.29) is 39.8 Å². The van der Waals surface area contributed by atoms with E-state index in [1.54, 1.807) is 0 Å². The molecule has 0 aromatic heterocycles. The minimum Gasteiger partial charge on any atom is -0.481 e. The topological polar surface area (TPSA) is 233 Å². The summed E-state index contributed by atoms with van der Waals surface area (Å²) in [5.74, 6) is -0.873. The number of ketones is 1. The second-order valence-corrected chi connectivity index (χ2v) is 20.5. The third kappa shape index (κ3) is 6.13. The van der Waals surface area contributed by atoms with Crippen LogP contribution in [0.4, 0.5) is 0 Å². The fourth-order valence-electron chi connectivity index (χ4n) is 13.4. The first-order valence-corrected chi connectivity index (χ1v) is 20.8. The molecule has 2 heterocycles. The Hall–Kier alpha value is -1.56. The Labute approximate surface area is 329 Å². The van der Waals surface area contributed by atoms with Crippen molar-refractivity contribution in [2.45, 2.75) is 174 Å². The molecular formula is C42H66O14. The molecule has 19 atom stereocenters. The van der Waals surface area contributed by atoms with Crippen molar-refractivity contribution in [3.63, 3.8) is 0 Å². The molecule has 0 radical (unpaired) electrons. The molecule has 4 saturated carbocycles. The van der Waals surface area contributed by atoms with Crippen LogP contribution in [0.2, 0.25) is 0 Å². The van der Waals surface area contributed by atoms with Gasteiger partial charge >= 0.3 is 5.97 Å². The van der Waals surface area contributed by atoms with Gasteiger partial charge in [0.2, 0.25) is 0 Å². The predicted octanol–water partition coefficient (Wildman–Crippen LogP) is 2.06. The third-order valence-electron chi connectivity index (χ3n) is 17.3. The Morgan fingerprint density at radius 3 is 1.98 bits per heavy atom. The number of ether oxygens (including phenoxy) is 4. The summed E-state index contributed by atoms with van der Waals surface area (Å²) in [6.45, 7) is 13.9. The molecule has 0 aromatic rings. The first kappa shape index (κ1) is 42.6. The lowest BCUT2D eigenvalue weighted by molar-refractivity contribution is -0.378. The first-order chi connectivity index (χ1) is 26.0. The maximum absolute atomic E-state index is 14.8. The minimum atomic E-state index is -1.78. The van der Waals surface area contributed by atoms with E-state index >= 15 is 0 Å². The molecule has 5 aliphatic carbocycles. The number of hydrogen-bond acceptors (Lipinski definition) is 13. The summed E-state index contributed by atoms with van der Waals surface area (Å²) >= 11 is 0. The molecule has 19 unspecified atom stereocenters. The fraction of sp³-hybridized carbons (Fsp3) is 0.905. The van der Waals surface area contributed by atoms with E-state index in [0.29, 0.717) is 25.7 Å². The summed E-state index contributed by atoms with van der Waals surface area (Å²) < 4.78 is 24.3. The number of aliphatic hydroxyl groups excluding tert-OH is 7. The maximum Gasteiger partial charge on any atom is 0.309 e. The summed E-state index contributed by atoms with van der Waals surface area (Å²) in [6, 6.07) is 0. The van der Waals surface area contributed by atoms with Crippen molar-refractivity contribution < 1.29 is 69.4 Å². The van der Waals surface area contributed by atoms with Crippen molar-refractivity contribution in [3.8, 4) is 0 Å². The zero-order chi connectivity index (χ0) is 41.1. The van der Waals surface area contributed by atoms with Crippen LogP contribution in [0.25, 0.3) is 0 Å². The molecule has 0 bridgehead atoms. The van der Waals surface area contributed by atoms with Gasteiger partial charge in [0, 0.05) is 5.92 Å². The summed E-state index contributed by atoms with van der Waals surface area (Å²) in [5, 5.41) is 83.6. The molecule has 0 amide bonds. The van der Waals surface area contributed by atoms with Crippen LogP contribution in [0.1, 0.15) is 106 Å². The first-order valence-electron chi connectivity index (χ1n) is 20.8. The molecule has 2 aliphatic heterocycles. The van der Waals surface area contributed by atoms with Crippen LogP contribution in [0.15, 0.2) is 11.6 Å². The summed E-state index contributed by atoms with van der Waals surface area (Å²) in [7, 11) is 0. The predicted molar refractivity (Wildman–Crippen MR) is 198 cm³/mol. The zero-order valence-corrected chi connectivity index (χ0v) is 34.0. The van der Waals surface area contributed by atoms with Crippen LogP contribution in [0, 0.1) is 50.2 Å². The standard InChI is InChI=1S/C42H66O14/c1-37(2)25-8-11-42(7)33(22(45)16-20-21-17-39(4,36(51)52)13-12-38(21,3)14-15-41(20,42)6)40(25,5)10-9-26(37)55-35-32(30(49)28(47)24(19-44)54-35)56-34-31(50)29(48)27(46)23(18-43)53-34/h16,21,23-35,43-44,46-50H,8-15,17-19H2,1-7H3,(H,51,52). The highest BCUT2D eigenvalue weighted by Gasteiger charge is 2.70. The van der Waals surface area contributed by atoms with Crippen molar-refractivity contribution in [1.29, 1.82) is 0 Å². The van der Waals surface area contributed by atoms with E-state index in [1.165, 1.54) is 0 Å². The molecular weight excluding hydrogens is 728 g/mol. The second-order valence-electron chi connectivity index (χ2n) is 20.5. The number of aliphatic carboxylic acids is 1. The van der Waals surface area contributed by atoms with Gasteiger partial charge in [0.1, 0.15) is 48.8 Å². The third-order valence-corrected chi connectivity index (χ3v) is 17.3. The van der Waals surface area contributed by atoms with Crippen LogP contribution in [0.5, 0.6) is 0 Å². The number of aliphatic hydroxyl groups is 7. The highest BCUT2D eigenvalue weighted by molar-refractivity contribution is 5.95. The second kappa shape index (κ2) is 14.3. The van der Waals surface area contributed by atoms with Crippen LogP contribution in [0.3, 0.4) is 0 Å². The van der Waals surface area contributed by atoms with Crippen LogP contribution < -0.4 is 0 Å². The highest BCUT2D eigenvalue weighted by Crippen LogP contribution is 2.75. The van der Waals surface area contributed by atoms with E-state index < -0.39 is 103 Å². The van der Waals surface area contributed by atoms with Gasteiger partial charge in [-0.3, -0.25) is 9.59 Å². The normalized spacial score (nSPS) is 54.2. The van der Waals surface area contributed by atoms with Crippen molar-refractivity contribution in [2.24, 2.45) is 50.2 Å². The number of rotatable bonds is 7. The van der Waals surface area contributed by atoms with E-state index in [1.807, 2.05) is 13.0 Å². The van der Waals surface area contributed by atoms with Gasteiger partial charge in [-0.25, -0.2) is 0 Å². The van der Waals surface area contributed by atoms with E-state index in [9.17, 15) is 50.4 Å². The van der Waals surface area contributed by atoms with Gasteiger partial charge in [0.25, 0.3) is 0 Å². The number of hydrogen-bond donors (Lipinski definition) is 8. The number of carbonyl (C=O) groups is 2. The number of carboxylic acids is 1. The monoisotopic (exact) mass is 794 g/mol. The average molecular weight is 795 g/mol. The Morgan fingerprint density at radius 1 is 0.750 bits per heavy atom. The molecule has 14 nitrogen and oxygen atoms in total. The molecule has 318 valence electrons. The molecule has 7 aliphatic rings. The molecule has 8 N–H and O–H groups in total. The number of allylic oxidation sites excluding steroid dienone is 2. The van der Waals surface area contributed by atoms with Crippen LogP contribution >= 0.6 is 0 Å². The van der Waals surface area contributed by atoms with Gasteiger partial charge in [-0.15, -0.1) is 0 Å². The van der Waals surface area contributed by atoms with Gasteiger partial charge in [0.05, 0.1) is 24.7 Å². The molecule has 56 heavy (non-hydrogen) atoms. The Balaban J connectivity index is 1.16. The molecule has 0 spiro atoms. The van der Waals surface area contributed by atoms with Crippen LogP contribution in [-0.4, -0.2) is 133 Å². The largest absolute Gasteiger partial charge is 0.481 e. The highest BCUT2D eigenvalue weighted by atomic mass is 16.8. The van der Waals surface area contributed by atoms with Gasteiger partial charge in [-0.05, 0) is 110 Å². The lowest BCUT2D eigenvalue weighted by Crippen LogP contribution is -2.68. The van der Waals surface area contributed by atoms with Crippen LogP contribution in [-0.2, 0) is 28.5 Å². The summed E-state index contributed by atoms with van der Waals surface area (Å²) in [4.78, 5) is 27.3. The fourth-order valence-corrected chi connectivity index (χ4v) is 13.4.